The fourth-order valence-electron chi connectivity index (χ4n) is 12.4. The average Bonchev–Trinajstić information content (AvgIpc) is 3.85. The van der Waals surface area contributed by atoms with Gasteiger partial charge in [0.2, 0.25) is 0 Å². The van der Waals surface area contributed by atoms with Gasteiger partial charge in [-0.15, -0.1) is 0 Å². The van der Waals surface area contributed by atoms with Crippen LogP contribution < -0.4 is 9.80 Å². The molecule has 2 aliphatic carbocycles. The van der Waals surface area contributed by atoms with Gasteiger partial charge in [0.15, 0.2) is 0 Å². The number of rotatable bonds is 3. The molecule has 66 heavy (non-hydrogen) atoms. The Hall–Kier alpha value is -8.78. The third kappa shape index (κ3) is 4.53. The molecule has 14 rings (SSSR count). The molecule has 9 aromatic carbocycles. The minimum absolute atomic E-state index is 0.544. The molecular formula is C62H38N4. The Labute approximate surface area is 383 Å². The quantitative estimate of drug-likeness (QED) is 0.178. The topological polar surface area (TPSA) is 43.2 Å². The molecule has 0 radical (unpaired) electrons. The molecule has 0 saturated carbocycles. The summed E-state index contributed by atoms with van der Waals surface area (Å²) in [6.07, 6.45) is 1.90. The van der Waals surface area contributed by atoms with E-state index < -0.39 is 10.8 Å². The Morgan fingerprint density at radius 1 is 0.318 bits per heavy atom. The van der Waals surface area contributed by atoms with Crippen LogP contribution in [0.25, 0.3) is 33.4 Å². The summed E-state index contributed by atoms with van der Waals surface area (Å²) >= 11 is 0. The van der Waals surface area contributed by atoms with E-state index in [1.807, 2.05) is 18.3 Å². The lowest BCUT2D eigenvalue weighted by Gasteiger charge is -2.46. The zero-order valence-electron chi connectivity index (χ0n) is 35.7. The molecule has 0 N–H and O–H groups in total. The molecule has 1 aromatic heterocycles. The first kappa shape index (κ1) is 36.7. The highest BCUT2D eigenvalue weighted by molar-refractivity contribution is 6.02. The summed E-state index contributed by atoms with van der Waals surface area (Å²) in [5.74, 6) is 0.789. The Morgan fingerprint density at radius 3 is 1.08 bits per heavy atom. The number of hydrogen-bond donors (Lipinski definition) is 0. The summed E-state index contributed by atoms with van der Waals surface area (Å²) in [7, 11) is 0. The van der Waals surface area contributed by atoms with Crippen LogP contribution in [0, 0.1) is 11.3 Å². The molecule has 3 heterocycles. The smallest absolute Gasteiger partial charge is 0.145 e. The van der Waals surface area contributed by atoms with Gasteiger partial charge in [0.1, 0.15) is 5.82 Å². The van der Waals surface area contributed by atoms with Gasteiger partial charge in [0, 0.05) is 17.3 Å². The molecule has 0 unspecified atom stereocenters. The summed E-state index contributed by atoms with van der Waals surface area (Å²) in [5.41, 5.74) is 21.6. The largest absolute Gasteiger partial charge is 0.309 e. The Kier molecular flexibility index (Phi) is 7.56. The standard InChI is InChI=1S/C62H38N4/c63-39-40-35-36-55(65-56-31-13-9-27-51(56)61(52-28-10-14-32-57(52)65)47-23-5-1-18-41(47)42-19-2-6-24-48(42)61)46(38-40)45-22-17-37-64-60(45)66-58-33-15-11-29-53(58)62(54-30-12-16-34-59(54)66)49-25-7-3-20-43(49)44-21-4-8-26-50(44)62/h1-38H. The van der Waals surface area contributed by atoms with E-state index in [9.17, 15) is 5.26 Å². The van der Waals surface area contributed by atoms with Gasteiger partial charge in [-0.2, -0.15) is 5.26 Å². The second kappa shape index (κ2) is 13.6. The number of nitrogens with zero attached hydrogens (tertiary/aromatic N) is 4. The van der Waals surface area contributed by atoms with E-state index in [0.717, 1.165) is 45.4 Å². The molecule has 4 aliphatic rings. The number of pyridine rings is 1. The highest BCUT2D eigenvalue weighted by Gasteiger charge is 2.53. The van der Waals surface area contributed by atoms with Crippen LogP contribution in [0.1, 0.15) is 50.1 Å². The van der Waals surface area contributed by atoms with Crippen molar-refractivity contribution >= 4 is 34.3 Å². The average molecular weight is 839 g/mol. The number of para-hydroxylation sites is 4. The van der Waals surface area contributed by atoms with Crippen LogP contribution in [0.15, 0.2) is 231 Å². The summed E-state index contributed by atoms with van der Waals surface area (Å²) < 4.78 is 0. The van der Waals surface area contributed by atoms with Crippen molar-refractivity contribution in [2.75, 3.05) is 9.80 Å². The van der Waals surface area contributed by atoms with Gasteiger partial charge >= 0.3 is 0 Å². The minimum Gasteiger partial charge on any atom is -0.309 e. The molecule has 4 nitrogen and oxygen atoms in total. The van der Waals surface area contributed by atoms with Crippen molar-refractivity contribution in [3.63, 3.8) is 0 Å². The second-order valence-corrected chi connectivity index (χ2v) is 17.6. The molecule has 0 atom stereocenters. The highest BCUT2D eigenvalue weighted by Crippen LogP contribution is 2.66. The zero-order valence-corrected chi connectivity index (χ0v) is 35.7. The van der Waals surface area contributed by atoms with Crippen molar-refractivity contribution in [2.24, 2.45) is 0 Å². The van der Waals surface area contributed by atoms with E-state index in [0.29, 0.717) is 5.56 Å². The summed E-state index contributed by atoms with van der Waals surface area (Å²) in [5, 5.41) is 10.6. The first-order valence-corrected chi connectivity index (χ1v) is 22.6. The third-order valence-electron chi connectivity index (χ3n) is 14.8. The lowest BCUT2D eigenvalue weighted by molar-refractivity contribution is 0.751. The maximum absolute atomic E-state index is 10.6. The van der Waals surface area contributed by atoms with Gasteiger partial charge in [-0.05, 0) is 121 Å². The SMILES string of the molecule is N#Cc1ccc(N2c3ccccc3C3(c4ccccc4-c4ccccc43)c3ccccc32)c(-c2cccnc2N2c3ccccc3C3(c4ccccc4-c4ccccc43)c3ccccc32)c1. The van der Waals surface area contributed by atoms with Crippen LogP contribution in [0.4, 0.5) is 34.3 Å². The van der Waals surface area contributed by atoms with Crippen molar-refractivity contribution in [1.29, 1.82) is 5.26 Å². The zero-order chi connectivity index (χ0) is 43.6. The normalized spacial score (nSPS) is 14.5. The van der Waals surface area contributed by atoms with E-state index in [4.69, 9.17) is 4.98 Å². The number of anilines is 6. The maximum Gasteiger partial charge on any atom is 0.145 e. The summed E-state index contributed by atoms with van der Waals surface area (Å²) in [6, 6.07) is 84.0. The van der Waals surface area contributed by atoms with Crippen LogP contribution in [-0.4, -0.2) is 4.98 Å². The first-order chi connectivity index (χ1) is 32.7. The second-order valence-electron chi connectivity index (χ2n) is 17.6. The van der Waals surface area contributed by atoms with Gasteiger partial charge in [-0.1, -0.05) is 170 Å². The van der Waals surface area contributed by atoms with E-state index in [1.54, 1.807) is 0 Å². The van der Waals surface area contributed by atoms with Crippen LogP contribution >= 0.6 is 0 Å². The summed E-state index contributed by atoms with van der Waals surface area (Å²) in [4.78, 5) is 10.1. The monoisotopic (exact) mass is 838 g/mol. The van der Waals surface area contributed by atoms with Crippen molar-refractivity contribution in [2.45, 2.75) is 10.8 Å². The number of nitriles is 1. The van der Waals surface area contributed by atoms with Crippen LogP contribution in [-0.2, 0) is 10.8 Å². The molecule has 306 valence electrons. The number of benzene rings is 9. The van der Waals surface area contributed by atoms with Gasteiger partial charge < -0.3 is 4.90 Å². The van der Waals surface area contributed by atoms with E-state index in [1.165, 1.54) is 66.8 Å². The van der Waals surface area contributed by atoms with Crippen LogP contribution in [0.2, 0.25) is 0 Å². The van der Waals surface area contributed by atoms with E-state index >= 15 is 0 Å². The molecular weight excluding hydrogens is 801 g/mol. The predicted octanol–water partition coefficient (Wildman–Crippen LogP) is 14.9. The highest BCUT2D eigenvalue weighted by atomic mass is 15.2. The van der Waals surface area contributed by atoms with E-state index in [-0.39, 0.29) is 0 Å². The molecule has 0 bridgehead atoms. The van der Waals surface area contributed by atoms with Gasteiger partial charge in [0.05, 0.1) is 50.9 Å². The number of hydrogen-bond acceptors (Lipinski definition) is 4. The van der Waals surface area contributed by atoms with Crippen molar-refractivity contribution in [3.05, 3.63) is 281 Å². The third-order valence-corrected chi connectivity index (χ3v) is 14.8. The van der Waals surface area contributed by atoms with Gasteiger partial charge in [0.25, 0.3) is 0 Å². The molecule has 0 amide bonds. The fraction of sp³-hybridized carbons (Fsp3) is 0.0323. The fourth-order valence-corrected chi connectivity index (χ4v) is 12.4. The maximum atomic E-state index is 10.6. The Morgan fingerprint density at radius 2 is 0.667 bits per heavy atom. The molecule has 10 aromatic rings. The molecule has 2 spiro atoms. The first-order valence-electron chi connectivity index (χ1n) is 22.6. The molecule has 0 saturated heterocycles. The lowest BCUT2D eigenvalue weighted by atomic mass is 9.64. The molecule has 2 aliphatic heterocycles. The number of aromatic nitrogens is 1. The van der Waals surface area contributed by atoms with Crippen molar-refractivity contribution < 1.29 is 0 Å². The van der Waals surface area contributed by atoms with Crippen LogP contribution in [0.5, 0.6) is 0 Å². The van der Waals surface area contributed by atoms with Crippen LogP contribution in [0.3, 0.4) is 0 Å². The summed E-state index contributed by atoms with van der Waals surface area (Å²) in [6.45, 7) is 0. The Bertz CT molecular complexity index is 3530. The van der Waals surface area contributed by atoms with Crippen molar-refractivity contribution in [3.8, 4) is 39.4 Å². The predicted molar refractivity (Wildman–Crippen MR) is 265 cm³/mol. The van der Waals surface area contributed by atoms with Gasteiger partial charge in [-0.3, -0.25) is 4.90 Å². The Balaban J connectivity index is 1.02. The van der Waals surface area contributed by atoms with Gasteiger partial charge in [-0.25, -0.2) is 4.98 Å². The van der Waals surface area contributed by atoms with Crippen molar-refractivity contribution in [1.82, 2.24) is 4.98 Å². The molecule has 0 fully saturated rings. The number of fused-ring (bicyclic) bond motifs is 18. The van der Waals surface area contributed by atoms with E-state index in [2.05, 4.69) is 228 Å². The lowest BCUT2D eigenvalue weighted by Crippen LogP contribution is -2.36. The minimum atomic E-state index is -0.549. The molecule has 4 heteroatoms.